The number of carbonyl (C=O) groups is 1. The number of anilines is 2. The average Bonchev–Trinajstić information content (AvgIpc) is 2.74. The van der Waals surface area contributed by atoms with Crippen LogP contribution in [0.25, 0.3) is 0 Å². The van der Waals surface area contributed by atoms with Crippen LogP contribution in [0.5, 0.6) is 5.75 Å². The van der Waals surface area contributed by atoms with Gasteiger partial charge < -0.3 is 15.0 Å². The second-order valence-corrected chi connectivity index (χ2v) is 7.06. The van der Waals surface area contributed by atoms with Crippen LogP contribution in [-0.2, 0) is 6.61 Å². The lowest BCUT2D eigenvalue weighted by molar-refractivity contribution is 0.102. The molecule has 0 aliphatic heterocycles. The maximum Gasteiger partial charge on any atom is 0.255 e. The Kier molecular flexibility index (Phi) is 6.85. The minimum absolute atomic E-state index is 0.145. The molecule has 1 aromatic heterocycles. The fourth-order valence-corrected chi connectivity index (χ4v) is 3.17. The van der Waals surface area contributed by atoms with Crippen LogP contribution in [0, 0.1) is 0 Å². The Balaban J connectivity index is 1.63. The quantitative estimate of drug-likeness (QED) is 0.579. The van der Waals surface area contributed by atoms with Gasteiger partial charge in [-0.1, -0.05) is 12.1 Å². The van der Waals surface area contributed by atoms with Crippen molar-refractivity contribution in [1.29, 1.82) is 0 Å². The zero-order valence-electron chi connectivity index (χ0n) is 17.1. The number of amides is 1. The van der Waals surface area contributed by atoms with Crippen molar-refractivity contribution >= 4 is 17.3 Å². The number of pyridine rings is 1. The van der Waals surface area contributed by atoms with E-state index in [0.29, 0.717) is 29.6 Å². The van der Waals surface area contributed by atoms with Gasteiger partial charge in [0.1, 0.15) is 12.4 Å². The normalized spacial score (nSPS) is 10.6. The van der Waals surface area contributed by atoms with Crippen molar-refractivity contribution in [1.82, 2.24) is 4.98 Å². The summed E-state index contributed by atoms with van der Waals surface area (Å²) in [5.41, 5.74) is 3.42. The highest BCUT2D eigenvalue weighted by molar-refractivity contribution is 6.04. The molecule has 150 valence electrons. The summed E-state index contributed by atoms with van der Waals surface area (Å²) in [5, 5.41) is 2.94. The number of ether oxygens (including phenoxy) is 1. The molecule has 0 saturated heterocycles. The van der Waals surface area contributed by atoms with E-state index < -0.39 is 0 Å². The standard InChI is InChI=1S/C24H27N3O2/c1-4-27(18(2)3)22-12-10-20(11-13-22)24(28)26-21-8-5-9-23(15-21)29-17-19-7-6-14-25-16-19/h5-16,18H,4,17H2,1-3H3,(H,26,28). The van der Waals surface area contributed by atoms with Crippen LogP contribution in [0.2, 0.25) is 0 Å². The summed E-state index contributed by atoms with van der Waals surface area (Å²) in [4.78, 5) is 19.0. The minimum atomic E-state index is -0.145. The van der Waals surface area contributed by atoms with Crippen molar-refractivity contribution in [2.24, 2.45) is 0 Å². The van der Waals surface area contributed by atoms with Gasteiger partial charge in [-0.2, -0.15) is 0 Å². The molecule has 1 heterocycles. The van der Waals surface area contributed by atoms with Crippen LogP contribution < -0.4 is 15.0 Å². The number of benzene rings is 2. The molecule has 0 radical (unpaired) electrons. The Morgan fingerprint density at radius 2 is 1.90 bits per heavy atom. The first-order valence-corrected chi connectivity index (χ1v) is 9.86. The molecular weight excluding hydrogens is 362 g/mol. The van der Waals surface area contributed by atoms with Crippen LogP contribution in [-0.4, -0.2) is 23.5 Å². The van der Waals surface area contributed by atoms with Gasteiger partial charge in [-0.3, -0.25) is 9.78 Å². The topological polar surface area (TPSA) is 54.5 Å². The molecule has 3 aromatic rings. The summed E-state index contributed by atoms with van der Waals surface area (Å²) < 4.78 is 5.80. The van der Waals surface area contributed by atoms with Gasteiger partial charge in [0.15, 0.2) is 0 Å². The maximum atomic E-state index is 12.6. The van der Waals surface area contributed by atoms with E-state index in [9.17, 15) is 4.79 Å². The van der Waals surface area contributed by atoms with E-state index in [4.69, 9.17) is 4.74 Å². The molecule has 1 N–H and O–H groups in total. The van der Waals surface area contributed by atoms with E-state index >= 15 is 0 Å². The number of nitrogens with one attached hydrogen (secondary N) is 1. The highest BCUT2D eigenvalue weighted by Gasteiger charge is 2.11. The SMILES string of the molecule is CCN(c1ccc(C(=O)Nc2cccc(OCc3cccnc3)c2)cc1)C(C)C. The molecule has 0 atom stereocenters. The Labute approximate surface area is 172 Å². The second-order valence-electron chi connectivity index (χ2n) is 7.06. The molecule has 0 aliphatic rings. The van der Waals surface area contributed by atoms with Crippen molar-refractivity contribution in [3.05, 3.63) is 84.2 Å². The largest absolute Gasteiger partial charge is 0.489 e. The Bertz CT molecular complexity index is 924. The lowest BCUT2D eigenvalue weighted by Gasteiger charge is -2.27. The smallest absolute Gasteiger partial charge is 0.255 e. The lowest BCUT2D eigenvalue weighted by atomic mass is 10.1. The van der Waals surface area contributed by atoms with Gasteiger partial charge in [-0.05, 0) is 63.2 Å². The van der Waals surface area contributed by atoms with Gasteiger partial charge in [-0.15, -0.1) is 0 Å². The molecule has 3 rings (SSSR count). The van der Waals surface area contributed by atoms with Crippen LogP contribution >= 0.6 is 0 Å². The van der Waals surface area contributed by atoms with Crippen molar-refractivity contribution in [3.63, 3.8) is 0 Å². The van der Waals surface area contributed by atoms with Crippen LogP contribution in [0.15, 0.2) is 73.1 Å². The van der Waals surface area contributed by atoms with E-state index in [1.165, 1.54) is 0 Å². The number of rotatable bonds is 8. The lowest BCUT2D eigenvalue weighted by Crippen LogP contribution is -2.30. The first-order chi connectivity index (χ1) is 14.1. The summed E-state index contributed by atoms with van der Waals surface area (Å²) in [6.07, 6.45) is 3.50. The fourth-order valence-electron chi connectivity index (χ4n) is 3.17. The second kappa shape index (κ2) is 9.73. The molecule has 29 heavy (non-hydrogen) atoms. The molecule has 0 unspecified atom stereocenters. The van der Waals surface area contributed by atoms with Gasteiger partial charge >= 0.3 is 0 Å². The third-order valence-corrected chi connectivity index (χ3v) is 4.65. The van der Waals surface area contributed by atoms with Gasteiger partial charge in [0, 0.05) is 53.5 Å². The maximum absolute atomic E-state index is 12.6. The molecule has 2 aromatic carbocycles. The first kappa shape index (κ1) is 20.4. The zero-order chi connectivity index (χ0) is 20.6. The van der Waals surface area contributed by atoms with Crippen LogP contribution in [0.3, 0.4) is 0 Å². The predicted octanol–water partition coefficient (Wildman–Crippen LogP) is 5.15. The monoisotopic (exact) mass is 389 g/mol. The number of nitrogens with zero attached hydrogens (tertiary/aromatic N) is 2. The van der Waals surface area contributed by atoms with E-state index in [1.807, 2.05) is 60.7 Å². The molecule has 0 fully saturated rings. The molecular formula is C24H27N3O2. The zero-order valence-corrected chi connectivity index (χ0v) is 17.1. The van der Waals surface area contributed by atoms with Gasteiger partial charge in [0.25, 0.3) is 5.91 Å². The van der Waals surface area contributed by atoms with Crippen molar-refractivity contribution in [2.75, 3.05) is 16.8 Å². The van der Waals surface area contributed by atoms with E-state index in [0.717, 1.165) is 17.8 Å². The summed E-state index contributed by atoms with van der Waals surface area (Å²) >= 11 is 0. The highest BCUT2D eigenvalue weighted by atomic mass is 16.5. The third kappa shape index (κ3) is 5.57. The summed E-state index contributed by atoms with van der Waals surface area (Å²) in [6.45, 7) is 7.80. The number of carbonyl (C=O) groups excluding carboxylic acids is 1. The van der Waals surface area contributed by atoms with Crippen molar-refractivity contribution in [3.8, 4) is 5.75 Å². The number of aromatic nitrogens is 1. The number of hydrogen-bond acceptors (Lipinski definition) is 4. The highest BCUT2D eigenvalue weighted by Crippen LogP contribution is 2.21. The minimum Gasteiger partial charge on any atom is -0.489 e. The molecule has 0 bridgehead atoms. The predicted molar refractivity (Wildman–Crippen MR) is 118 cm³/mol. The van der Waals surface area contributed by atoms with Crippen LogP contribution in [0.1, 0.15) is 36.7 Å². The van der Waals surface area contributed by atoms with E-state index in [1.54, 1.807) is 12.4 Å². The molecule has 0 saturated carbocycles. The molecule has 5 heteroatoms. The van der Waals surface area contributed by atoms with Crippen molar-refractivity contribution in [2.45, 2.75) is 33.4 Å². The molecule has 1 amide bonds. The van der Waals surface area contributed by atoms with Gasteiger partial charge in [0.05, 0.1) is 0 Å². The Morgan fingerprint density at radius 1 is 1.10 bits per heavy atom. The Morgan fingerprint density at radius 3 is 2.55 bits per heavy atom. The summed E-state index contributed by atoms with van der Waals surface area (Å²) in [7, 11) is 0. The first-order valence-electron chi connectivity index (χ1n) is 9.86. The molecule has 0 spiro atoms. The third-order valence-electron chi connectivity index (χ3n) is 4.65. The van der Waals surface area contributed by atoms with Gasteiger partial charge in [0.2, 0.25) is 0 Å². The fraction of sp³-hybridized carbons (Fsp3) is 0.250. The van der Waals surface area contributed by atoms with Crippen LogP contribution in [0.4, 0.5) is 11.4 Å². The van der Waals surface area contributed by atoms with E-state index in [-0.39, 0.29) is 5.91 Å². The average molecular weight is 389 g/mol. The Hall–Kier alpha value is -3.34. The molecule has 5 nitrogen and oxygen atoms in total. The summed E-state index contributed by atoms with van der Waals surface area (Å²) in [5.74, 6) is 0.547. The molecule has 0 aliphatic carbocycles. The van der Waals surface area contributed by atoms with Gasteiger partial charge in [-0.25, -0.2) is 0 Å². The van der Waals surface area contributed by atoms with E-state index in [2.05, 4.69) is 36.0 Å². The van der Waals surface area contributed by atoms with Crippen molar-refractivity contribution < 1.29 is 9.53 Å². The number of hydrogen-bond donors (Lipinski definition) is 1. The summed E-state index contributed by atoms with van der Waals surface area (Å²) in [6, 6.07) is 19.3.